The molecule has 0 radical (unpaired) electrons. The summed E-state index contributed by atoms with van der Waals surface area (Å²) in [5, 5.41) is 9.21. The van der Waals surface area contributed by atoms with Crippen LogP contribution in [0.15, 0.2) is 12.1 Å². The number of rotatable bonds is 7. The quantitative estimate of drug-likeness (QED) is 0.800. The van der Waals surface area contributed by atoms with E-state index in [1.165, 1.54) is 4.31 Å². The fraction of sp³-hybridized carbons (Fsp3) is 0.562. The molecule has 0 bridgehead atoms. The standard InChI is InChI=1S/C16H23NO6S/c1-4-22-14-8-11-6-7-17(24(3,20)21)13(10-16(18)19)12(11)9-15(14)23-5-2/h8-9,13H,4-7,10H2,1-3H3,(H,18,19)/t13-/m1/s1. The molecule has 1 heterocycles. The topological polar surface area (TPSA) is 93.1 Å². The normalized spacial score (nSPS) is 18.0. The van der Waals surface area contributed by atoms with Gasteiger partial charge in [-0.05, 0) is 43.5 Å². The van der Waals surface area contributed by atoms with Crippen molar-refractivity contribution in [1.29, 1.82) is 0 Å². The molecular weight excluding hydrogens is 334 g/mol. The second-order valence-corrected chi connectivity index (χ2v) is 7.54. The Bertz CT molecular complexity index is 716. The maximum Gasteiger partial charge on any atom is 0.305 e. The van der Waals surface area contributed by atoms with E-state index < -0.39 is 22.0 Å². The van der Waals surface area contributed by atoms with Crippen LogP contribution < -0.4 is 9.47 Å². The summed E-state index contributed by atoms with van der Waals surface area (Å²) in [6.07, 6.45) is 1.31. The van der Waals surface area contributed by atoms with Crippen LogP contribution in [0.1, 0.15) is 37.4 Å². The number of nitrogens with zero attached hydrogens (tertiary/aromatic N) is 1. The van der Waals surface area contributed by atoms with Crippen LogP contribution in [0.4, 0.5) is 0 Å². The van der Waals surface area contributed by atoms with E-state index in [9.17, 15) is 18.3 Å². The first-order chi connectivity index (χ1) is 11.3. The second kappa shape index (κ2) is 7.40. The fourth-order valence-corrected chi connectivity index (χ4v) is 4.07. The second-order valence-electron chi connectivity index (χ2n) is 5.60. The minimum absolute atomic E-state index is 0.253. The van der Waals surface area contributed by atoms with E-state index in [0.717, 1.165) is 11.8 Å². The highest BCUT2D eigenvalue weighted by molar-refractivity contribution is 7.88. The first-order valence-corrected chi connectivity index (χ1v) is 9.73. The zero-order valence-electron chi connectivity index (χ0n) is 14.1. The fourth-order valence-electron chi connectivity index (χ4n) is 3.00. The Hall–Kier alpha value is -1.80. The summed E-state index contributed by atoms with van der Waals surface area (Å²) in [6, 6.07) is 2.81. The van der Waals surface area contributed by atoms with Gasteiger partial charge in [0, 0.05) is 6.54 Å². The van der Waals surface area contributed by atoms with Crippen LogP contribution in [-0.4, -0.2) is 49.8 Å². The third kappa shape index (κ3) is 3.99. The Morgan fingerprint density at radius 1 is 1.25 bits per heavy atom. The molecule has 0 saturated carbocycles. The molecule has 8 heteroatoms. The van der Waals surface area contributed by atoms with Gasteiger partial charge in [0.15, 0.2) is 11.5 Å². The first kappa shape index (κ1) is 18.5. The lowest BCUT2D eigenvalue weighted by Gasteiger charge is -2.35. The number of ether oxygens (including phenoxy) is 2. The van der Waals surface area contributed by atoms with Gasteiger partial charge in [-0.1, -0.05) is 0 Å². The number of carboxylic acid groups (broad SMARTS) is 1. The van der Waals surface area contributed by atoms with Crippen molar-refractivity contribution >= 4 is 16.0 Å². The molecule has 1 N–H and O–H groups in total. The molecule has 134 valence electrons. The molecule has 1 aliphatic heterocycles. The average molecular weight is 357 g/mol. The molecule has 0 amide bonds. The van der Waals surface area contributed by atoms with Crippen LogP contribution in [0.2, 0.25) is 0 Å². The van der Waals surface area contributed by atoms with E-state index in [1.807, 2.05) is 19.9 Å². The van der Waals surface area contributed by atoms with Crippen molar-refractivity contribution in [3.63, 3.8) is 0 Å². The Morgan fingerprint density at radius 2 is 1.83 bits per heavy atom. The highest BCUT2D eigenvalue weighted by atomic mass is 32.2. The Balaban J connectivity index is 2.55. The Morgan fingerprint density at radius 3 is 2.33 bits per heavy atom. The van der Waals surface area contributed by atoms with Crippen molar-refractivity contribution in [3.05, 3.63) is 23.3 Å². The number of carbonyl (C=O) groups is 1. The summed E-state index contributed by atoms with van der Waals surface area (Å²) < 4.78 is 36.5. The minimum atomic E-state index is -3.51. The zero-order chi connectivity index (χ0) is 17.9. The molecule has 7 nitrogen and oxygen atoms in total. The van der Waals surface area contributed by atoms with Crippen LogP contribution in [-0.2, 0) is 21.2 Å². The van der Waals surface area contributed by atoms with Crippen LogP contribution in [0.5, 0.6) is 11.5 Å². The largest absolute Gasteiger partial charge is 0.490 e. The lowest BCUT2D eigenvalue weighted by Crippen LogP contribution is -2.40. The Labute approximate surface area is 142 Å². The number of hydrogen-bond donors (Lipinski definition) is 1. The van der Waals surface area contributed by atoms with Crippen molar-refractivity contribution in [2.24, 2.45) is 0 Å². The predicted octanol–water partition coefficient (Wildman–Crippen LogP) is 1.82. The van der Waals surface area contributed by atoms with Gasteiger partial charge in [0.05, 0.1) is 31.9 Å². The highest BCUT2D eigenvalue weighted by Crippen LogP contribution is 2.40. The van der Waals surface area contributed by atoms with Gasteiger partial charge in [0.1, 0.15) is 0 Å². The third-order valence-electron chi connectivity index (χ3n) is 3.91. The van der Waals surface area contributed by atoms with Gasteiger partial charge in [-0.2, -0.15) is 4.31 Å². The molecule has 2 rings (SSSR count). The van der Waals surface area contributed by atoms with Crippen LogP contribution >= 0.6 is 0 Å². The number of benzene rings is 1. The van der Waals surface area contributed by atoms with E-state index in [0.29, 0.717) is 36.7 Å². The highest BCUT2D eigenvalue weighted by Gasteiger charge is 2.35. The lowest BCUT2D eigenvalue weighted by atomic mass is 9.91. The van der Waals surface area contributed by atoms with Crippen molar-refractivity contribution in [2.45, 2.75) is 32.7 Å². The van der Waals surface area contributed by atoms with Crippen molar-refractivity contribution in [2.75, 3.05) is 26.0 Å². The summed E-state index contributed by atoms with van der Waals surface area (Å²) in [5.74, 6) is 0.0529. The molecule has 24 heavy (non-hydrogen) atoms. The van der Waals surface area contributed by atoms with Gasteiger partial charge >= 0.3 is 5.97 Å². The first-order valence-electron chi connectivity index (χ1n) is 7.88. The Kier molecular flexibility index (Phi) is 5.71. The summed E-state index contributed by atoms with van der Waals surface area (Å²) in [5.41, 5.74) is 1.56. The van der Waals surface area contributed by atoms with Gasteiger partial charge in [-0.25, -0.2) is 8.42 Å². The molecule has 1 atom stereocenters. The van der Waals surface area contributed by atoms with Crippen molar-refractivity contribution < 1.29 is 27.8 Å². The maximum atomic E-state index is 12.0. The summed E-state index contributed by atoms with van der Waals surface area (Å²) in [4.78, 5) is 11.3. The zero-order valence-corrected chi connectivity index (χ0v) is 14.9. The molecule has 0 saturated heterocycles. The number of aliphatic carboxylic acids is 1. The lowest BCUT2D eigenvalue weighted by molar-refractivity contribution is -0.138. The summed E-state index contributed by atoms with van der Waals surface area (Å²) in [7, 11) is -3.51. The molecule has 0 fully saturated rings. The van der Waals surface area contributed by atoms with Crippen LogP contribution in [0, 0.1) is 0 Å². The molecule has 0 aromatic heterocycles. The number of fused-ring (bicyclic) bond motifs is 1. The molecule has 0 unspecified atom stereocenters. The van der Waals surface area contributed by atoms with E-state index in [4.69, 9.17) is 9.47 Å². The third-order valence-corrected chi connectivity index (χ3v) is 5.20. The van der Waals surface area contributed by atoms with Gasteiger partial charge < -0.3 is 14.6 Å². The molecule has 1 aromatic rings. The SMILES string of the molecule is CCOc1cc2c(cc1OCC)[C@@H](CC(=O)O)N(S(C)(=O)=O)CC2. The molecule has 1 aliphatic rings. The van der Waals surface area contributed by atoms with Crippen LogP contribution in [0.3, 0.4) is 0 Å². The summed E-state index contributed by atoms with van der Waals surface area (Å²) in [6.45, 7) is 4.87. The van der Waals surface area contributed by atoms with Gasteiger partial charge in [0.25, 0.3) is 0 Å². The minimum Gasteiger partial charge on any atom is -0.490 e. The van der Waals surface area contributed by atoms with Gasteiger partial charge in [-0.3, -0.25) is 4.79 Å². The smallest absolute Gasteiger partial charge is 0.305 e. The maximum absolute atomic E-state index is 12.0. The van der Waals surface area contributed by atoms with Gasteiger partial charge in [0.2, 0.25) is 10.0 Å². The molecule has 0 aliphatic carbocycles. The molecular formula is C16H23NO6S. The van der Waals surface area contributed by atoms with E-state index in [1.54, 1.807) is 6.07 Å². The average Bonchev–Trinajstić information content (AvgIpc) is 2.47. The van der Waals surface area contributed by atoms with Crippen LogP contribution in [0.25, 0.3) is 0 Å². The number of hydrogen-bond acceptors (Lipinski definition) is 5. The van der Waals surface area contributed by atoms with E-state index in [-0.39, 0.29) is 13.0 Å². The van der Waals surface area contributed by atoms with Crippen molar-refractivity contribution in [3.8, 4) is 11.5 Å². The number of carboxylic acids is 1. The molecule has 0 spiro atoms. The van der Waals surface area contributed by atoms with Gasteiger partial charge in [-0.15, -0.1) is 0 Å². The number of sulfonamides is 1. The molecule has 1 aromatic carbocycles. The van der Waals surface area contributed by atoms with E-state index in [2.05, 4.69) is 0 Å². The monoisotopic (exact) mass is 357 g/mol. The van der Waals surface area contributed by atoms with Crippen molar-refractivity contribution in [1.82, 2.24) is 4.31 Å². The predicted molar refractivity (Wildman–Crippen MR) is 89.0 cm³/mol. The summed E-state index contributed by atoms with van der Waals surface area (Å²) >= 11 is 0. The van der Waals surface area contributed by atoms with E-state index >= 15 is 0 Å².